The van der Waals surface area contributed by atoms with E-state index in [-0.39, 0.29) is 5.91 Å². The van der Waals surface area contributed by atoms with Crippen LogP contribution in [0.15, 0.2) is 24.5 Å². The molecule has 0 aromatic carbocycles. The molecule has 1 aromatic heterocycles. The quantitative estimate of drug-likeness (QED) is 0.739. The van der Waals surface area contributed by atoms with E-state index in [1.54, 1.807) is 19.4 Å². The molecule has 1 amide bonds. The Bertz CT molecular complexity index is 365. The van der Waals surface area contributed by atoms with Gasteiger partial charge in [0.2, 0.25) is 5.91 Å². The van der Waals surface area contributed by atoms with Gasteiger partial charge in [-0.25, -0.2) is 0 Å². The SMILES string of the molecule is CN(CCc1ccncc1)C(=O)CC(=O)O. The van der Waals surface area contributed by atoms with E-state index >= 15 is 0 Å². The van der Waals surface area contributed by atoms with Crippen LogP contribution in [0.4, 0.5) is 0 Å². The van der Waals surface area contributed by atoms with Crippen LogP contribution in [0.1, 0.15) is 12.0 Å². The number of amides is 1. The molecule has 86 valence electrons. The van der Waals surface area contributed by atoms with E-state index in [1.807, 2.05) is 12.1 Å². The number of carboxylic acid groups (broad SMARTS) is 1. The predicted molar refractivity (Wildman–Crippen MR) is 57.8 cm³/mol. The highest BCUT2D eigenvalue weighted by Gasteiger charge is 2.12. The lowest BCUT2D eigenvalue weighted by Gasteiger charge is -2.15. The van der Waals surface area contributed by atoms with Crippen LogP contribution >= 0.6 is 0 Å². The van der Waals surface area contributed by atoms with Gasteiger partial charge in [-0.1, -0.05) is 0 Å². The minimum absolute atomic E-state index is 0.374. The van der Waals surface area contributed by atoms with Gasteiger partial charge < -0.3 is 10.0 Å². The Morgan fingerprint density at radius 2 is 2.00 bits per heavy atom. The van der Waals surface area contributed by atoms with Crippen LogP contribution in [-0.2, 0) is 16.0 Å². The lowest BCUT2D eigenvalue weighted by molar-refractivity contribution is -0.143. The van der Waals surface area contributed by atoms with Gasteiger partial charge in [0.25, 0.3) is 0 Å². The van der Waals surface area contributed by atoms with Crippen molar-refractivity contribution in [2.24, 2.45) is 0 Å². The van der Waals surface area contributed by atoms with Gasteiger partial charge in [-0.05, 0) is 24.1 Å². The maximum atomic E-state index is 11.3. The topological polar surface area (TPSA) is 70.5 Å². The maximum Gasteiger partial charge on any atom is 0.312 e. The summed E-state index contributed by atoms with van der Waals surface area (Å²) in [5.74, 6) is -1.47. The van der Waals surface area contributed by atoms with Crippen molar-refractivity contribution in [2.45, 2.75) is 12.8 Å². The van der Waals surface area contributed by atoms with Crippen molar-refractivity contribution >= 4 is 11.9 Å². The van der Waals surface area contributed by atoms with E-state index in [0.29, 0.717) is 13.0 Å². The van der Waals surface area contributed by atoms with E-state index < -0.39 is 12.4 Å². The smallest absolute Gasteiger partial charge is 0.312 e. The summed E-state index contributed by atoms with van der Waals surface area (Å²) in [5, 5.41) is 8.46. The Hall–Kier alpha value is -1.91. The number of likely N-dealkylation sites (N-methyl/N-ethyl adjacent to an activating group) is 1. The van der Waals surface area contributed by atoms with E-state index in [0.717, 1.165) is 5.56 Å². The number of carbonyl (C=O) groups excluding carboxylic acids is 1. The first-order valence-corrected chi connectivity index (χ1v) is 4.94. The van der Waals surface area contributed by atoms with Crippen molar-refractivity contribution < 1.29 is 14.7 Å². The number of pyridine rings is 1. The standard InChI is InChI=1S/C11H14N2O3/c1-13(10(14)8-11(15)16)7-4-9-2-5-12-6-3-9/h2-3,5-6H,4,7-8H2,1H3,(H,15,16). The first-order chi connectivity index (χ1) is 7.59. The molecule has 0 spiro atoms. The Labute approximate surface area is 93.7 Å². The number of aromatic nitrogens is 1. The predicted octanol–water partition coefficient (Wildman–Crippen LogP) is 0.557. The third-order valence-corrected chi connectivity index (χ3v) is 2.21. The third-order valence-electron chi connectivity index (χ3n) is 2.21. The van der Waals surface area contributed by atoms with Crippen LogP contribution in [0, 0.1) is 0 Å². The number of carboxylic acids is 1. The molecule has 0 fully saturated rings. The minimum atomic E-state index is -1.10. The van der Waals surface area contributed by atoms with Crippen molar-refractivity contribution in [1.29, 1.82) is 0 Å². The Balaban J connectivity index is 2.38. The van der Waals surface area contributed by atoms with Crippen LogP contribution < -0.4 is 0 Å². The molecule has 16 heavy (non-hydrogen) atoms. The zero-order valence-electron chi connectivity index (χ0n) is 9.09. The number of hydrogen-bond donors (Lipinski definition) is 1. The van der Waals surface area contributed by atoms with E-state index in [1.165, 1.54) is 4.90 Å². The van der Waals surface area contributed by atoms with Crippen LogP contribution in [0.2, 0.25) is 0 Å². The van der Waals surface area contributed by atoms with E-state index in [4.69, 9.17) is 5.11 Å². The monoisotopic (exact) mass is 222 g/mol. The molecule has 1 heterocycles. The van der Waals surface area contributed by atoms with Gasteiger partial charge in [0.05, 0.1) is 0 Å². The average molecular weight is 222 g/mol. The summed E-state index contributed by atoms with van der Waals surface area (Å²) in [6.07, 6.45) is 3.63. The second kappa shape index (κ2) is 5.85. The molecule has 5 nitrogen and oxygen atoms in total. The normalized spacial score (nSPS) is 9.81. The van der Waals surface area contributed by atoms with Gasteiger partial charge in [-0.2, -0.15) is 0 Å². The zero-order valence-corrected chi connectivity index (χ0v) is 9.09. The number of aliphatic carboxylic acids is 1. The maximum absolute atomic E-state index is 11.3. The number of rotatable bonds is 5. The molecule has 0 aliphatic rings. The van der Waals surface area contributed by atoms with Crippen LogP contribution in [0.3, 0.4) is 0 Å². The Morgan fingerprint density at radius 3 is 2.56 bits per heavy atom. The summed E-state index contributed by atoms with van der Waals surface area (Å²) >= 11 is 0. The highest BCUT2D eigenvalue weighted by Crippen LogP contribution is 2.00. The summed E-state index contributed by atoms with van der Waals surface area (Å²) in [4.78, 5) is 27.0. The lowest BCUT2D eigenvalue weighted by Crippen LogP contribution is -2.30. The van der Waals surface area contributed by atoms with Gasteiger partial charge in [0.15, 0.2) is 0 Å². The van der Waals surface area contributed by atoms with E-state index in [9.17, 15) is 9.59 Å². The Morgan fingerprint density at radius 1 is 1.38 bits per heavy atom. The summed E-state index contributed by atoms with van der Waals surface area (Å²) in [7, 11) is 1.60. The molecule has 0 unspecified atom stereocenters. The fraction of sp³-hybridized carbons (Fsp3) is 0.364. The fourth-order valence-corrected chi connectivity index (χ4v) is 1.24. The van der Waals surface area contributed by atoms with E-state index in [2.05, 4.69) is 4.98 Å². The molecule has 1 aromatic rings. The van der Waals surface area contributed by atoms with Crippen LogP contribution in [0.25, 0.3) is 0 Å². The molecular formula is C11H14N2O3. The summed E-state index contributed by atoms with van der Waals surface area (Å²) < 4.78 is 0. The van der Waals surface area contributed by atoms with Crippen molar-refractivity contribution in [3.8, 4) is 0 Å². The van der Waals surface area contributed by atoms with Crippen molar-refractivity contribution in [2.75, 3.05) is 13.6 Å². The molecule has 0 radical (unpaired) electrons. The Kier molecular flexibility index (Phi) is 4.44. The minimum Gasteiger partial charge on any atom is -0.481 e. The van der Waals surface area contributed by atoms with Gasteiger partial charge in [-0.15, -0.1) is 0 Å². The highest BCUT2D eigenvalue weighted by atomic mass is 16.4. The second-order valence-electron chi connectivity index (χ2n) is 3.49. The summed E-state index contributed by atoms with van der Waals surface area (Å²) in [6.45, 7) is 0.510. The number of nitrogens with zero attached hydrogens (tertiary/aromatic N) is 2. The van der Waals surface area contributed by atoms with Crippen LogP contribution in [-0.4, -0.2) is 40.5 Å². The zero-order chi connectivity index (χ0) is 12.0. The molecule has 1 rings (SSSR count). The molecule has 0 aliphatic carbocycles. The highest BCUT2D eigenvalue weighted by molar-refractivity contribution is 5.93. The average Bonchev–Trinajstić information content (AvgIpc) is 2.26. The van der Waals surface area contributed by atoms with Crippen molar-refractivity contribution in [1.82, 2.24) is 9.88 Å². The first-order valence-electron chi connectivity index (χ1n) is 4.94. The first kappa shape index (κ1) is 12.2. The fourth-order valence-electron chi connectivity index (χ4n) is 1.24. The summed E-state index contributed by atoms with van der Waals surface area (Å²) in [5.41, 5.74) is 1.07. The van der Waals surface area contributed by atoms with Gasteiger partial charge in [0, 0.05) is 26.0 Å². The third kappa shape index (κ3) is 4.08. The summed E-state index contributed by atoms with van der Waals surface area (Å²) in [6, 6.07) is 3.74. The van der Waals surface area contributed by atoms with Gasteiger partial charge in [0.1, 0.15) is 6.42 Å². The molecule has 0 atom stereocenters. The molecule has 0 bridgehead atoms. The van der Waals surface area contributed by atoms with Gasteiger partial charge >= 0.3 is 5.97 Å². The van der Waals surface area contributed by atoms with Crippen molar-refractivity contribution in [3.63, 3.8) is 0 Å². The largest absolute Gasteiger partial charge is 0.481 e. The lowest BCUT2D eigenvalue weighted by atomic mass is 10.2. The molecule has 0 aliphatic heterocycles. The molecule has 5 heteroatoms. The molecule has 0 saturated carbocycles. The number of hydrogen-bond acceptors (Lipinski definition) is 3. The molecule has 1 N–H and O–H groups in total. The molecular weight excluding hydrogens is 208 g/mol. The van der Waals surface area contributed by atoms with Gasteiger partial charge in [-0.3, -0.25) is 14.6 Å². The van der Waals surface area contributed by atoms with Crippen LogP contribution in [0.5, 0.6) is 0 Å². The second-order valence-corrected chi connectivity index (χ2v) is 3.49. The molecule has 0 saturated heterocycles. The van der Waals surface area contributed by atoms with Crippen molar-refractivity contribution in [3.05, 3.63) is 30.1 Å². The number of carbonyl (C=O) groups is 2.